The van der Waals surface area contributed by atoms with Crippen molar-refractivity contribution in [3.63, 3.8) is 0 Å². The summed E-state index contributed by atoms with van der Waals surface area (Å²) >= 11 is 0. The number of para-hydroxylation sites is 1. The number of aromatic amines is 1. The van der Waals surface area contributed by atoms with Gasteiger partial charge in [0.25, 0.3) is 0 Å². The van der Waals surface area contributed by atoms with Crippen LogP contribution in [0.25, 0.3) is 10.9 Å². The van der Waals surface area contributed by atoms with E-state index in [2.05, 4.69) is 58.0 Å². The van der Waals surface area contributed by atoms with Crippen molar-refractivity contribution in [2.75, 3.05) is 20.1 Å². The summed E-state index contributed by atoms with van der Waals surface area (Å²) < 4.78 is 0. The van der Waals surface area contributed by atoms with Crippen LogP contribution in [-0.4, -0.2) is 31.1 Å². The molecule has 4 nitrogen and oxygen atoms in total. The third-order valence-electron chi connectivity index (χ3n) is 3.13. The molecule has 3 N–H and O–H groups in total. The smallest absolute Gasteiger partial charge is 0.190 e. The SMILES string of the molecule is CCCNC(=NC)NCCc1c[nH]c2ccccc12.I. The fourth-order valence-electron chi connectivity index (χ4n) is 2.12. The van der Waals surface area contributed by atoms with E-state index in [1.165, 1.54) is 16.5 Å². The van der Waals surface area contributed by atoms with Gasteiger partial charge < -0.3 is 15.6 Å². The molecule has 2 aromatic rings. The van der Waals surface area contributed by atoms with E-state index in [4.69, 9.17) is 0 Å². The van der Waals surface area contributed by atoms with Crippen LogP contribution in [0.2, 0.25) is 0 Å². The van der Waals surface area contributed by atoms with Crippen molar-refractivity contribution in [1.82, 2.24) is 15.6 Å². The number of guanidine groups is 1. The Morgan fingerprint density at radius 3 is 2.70 bits per heavy atom. The van der Waals surface area contributed by atoms with Crippen LogP contribution >= 0.6 is 24.0 Å². The molecule has 0 fully saturated rings. The molecule has 0 bridgehead atoms. The Hall–Kier alpha value is -1.24. The average molecular weight is 386 g/mol. The van der Waals surface area contributed by atoms with Gasteiger partial charge in [0, 0.05) is 37.2 Å². The van der Waals surface area contributed by atoms with Crippen LogP contribution in [0, 0.1) is 0 Å². The number of nitrogens with zero attached hydrogens (tertiary/aromatic N) is 1. The van der Waals surface area contributed by atoms with Crippen LogP contribution in [0.4, 0.5) is 0 Å². The minimum absolute atomic E-state index is 0. The zero-order valence-corrected chi connectivity index (χ0v) is 14.4. The molecule has 0 saturated carbocycles. The second kappa shape index (κ2) is 8.84. The Labute approximate surface area is 137 Å². The Morgan fingerprint density at radius 1 is 1.20 bits per heavy atom. The maximum Gasteiger partial charge on any atom is 0.190 e. The molecule has 1 aromatic heterocycles. The van der Waals surface area contributed by atoms with Gasteiger partial charge in [-0.15, -0.1) is 24.0 Å². The largest absolute Gasteiger partial charge is 0.361 e. The summed E-state index contributed by atoms with van der Waals surface area (Å²) in [7, 11) is 1.80. The van der Waals surface area contributed by atoms with Gasteiger partial charge in [-0.1, -0.05) is 25.1 Å². The maximum absolute atomic E-state index is 4.19. The highest BCUT2D eigenvalue weighted by Gasteiger charge is 2.03. The predicted octanol–water partition coefficient (Wildman–Crippen LogP) is 2.90. The molecule has 0 amide bonds. The van der Waals surface area contributed by atoms with Crippen molar-refractivity contribution >= 4 is 40.8 Å². The number of hydrogen-bond acceptors (Lipinski definition) is 1. The standard InChI is InChI=1S/C15H22N4.HI/c1-3-9-17-15(16-2)18-10-8-12-11-19-14-7-5-4-6-13(12)14;/h4-7,11,19H,3,8-10H2,1-2H3,(H2,16,17,18);1H. The molecular formula is C15H23IN4. The number of fused-ring (bicyclic) bond motifs is 1. The second-order valence-electron chi connectivity index (χ2n) is 4.54. The van der Waals surface area contributed by atoms with Gasteiger partial charge in [0.15, 0.2) is 5.96 Å². The number of aromatic nitrogens is 1. The summed E-state index contributed by atoms with van der Waals surface area (Å²) in [6.45, 7) is 3.98. The summed E-state index contributed by atoms with van der Waals surface area (Å²) in [5.74, 6) is 0.877. The lowest BCUT2D eigenvalue weighted by Crippen LogP contribution is -2.38. The number of rotatable bonds is 5. The molecule has 0 saturated heterocycles. The van der Waals surface area contributed by atoms with Crippen LogP contribution in [0.3, 0.4) is 0 Å². The van der Waals surface area contributed by atoms with Gasteiger partial charge >= 0.3 is 0 Å². The van der Waals surface area contributed by atoms with Crippen molar-refractivity contribution in [1.29, 1.82) is 0 Å². The Kier molecular flexibility index (Phi) is 7.43. The zero-order chi connectivity index (χ0) is 13.5. The van der Waals surface area contributed by atoms with Crippen LogP contribution in [-0.2, 0) is 6.42 Å². The Morgan fingerprint density at radius 2 is 1.95 bits per heavy atom. The molecule has 0 spiro atoms. The fraction of sp³-hybridized carbons (Fsp3) is 0.400. The first-order valence-corrected chi connectivity index (χ1v) is 6.84. The number of hydrogen-bond donors (Lipinski definition) is 3. The minimum atomic E-state index is 0. The van der Waals surface area contributed by atoms with Gasteiger partial charge in [-0.2, -0.15) is 0 Å². The van der Waals surface area contributed by atoms with Gasteiger partial charge in [-0.3, -0.25) is 4.99 Å². The molecular weight excluding hydrogens is 363 g/mol. The predicted molar refractivity (Wildman–Crippen MR) is 97.1 cm³/mol. The van der Waals surface area contributed by atoms with E-state index in [-0.39, 0.29) is 24.0 Å². The second-order valence-corrected chi connectivity index (χ2v) is 4.54. The Balaban J connectivity index is 0.00000200. The van der Waals surface area contributed by atoms with Crippen LogP contribution in [0.5, 0.6) is 0 Å². The molecule has 110 valence electrons. The maximum atomic E-state index is 4.19. The fourth-order valence-corrected chi connectivity index (χ4v) is 2.12. The van der Waals surface area contributed by atoms with Crippen molar-refractivity contribution in [3.8, 4) is 0 Å². The van der Waals surface area contributed by atoms with Crippen LogP contribution in [0.1, 0.15) is 18.9 Å². The van der Waals surface area contributed by atoms with Gasteiger partial charge in [-0.25, -0.2) is 0 Å². The van der Waals surface area contributed by atoms with Crippen molar-refractivity contribution in [3.05, 3.63) is 36.0 Å². The number of nitrogens with one attached hydrogen (secondary N) is 3. The lowest BCUT2D eigenvalue weighted by atomic mass is 10.1. The summed E-state index contributed by atoms with van der Waals surface area (Å²) in [5.41, 5.74) is 2.54. The van der Waals surface area contributed by atoms with E-state index in [0.717, 1.165) is 31.9 Å². The lowest BCUT2D eigenvalue weighted by Gasteiger charge is -2.10. The van der Waals surface area contributed by atoms with Crippen molar-refractivity contribution < 1.29 is 0 Å². The van der Waals surface area contributed by atoms with E-state index in [1.54, 1.807) is 7.05 Å². The normalized spacial score (nSPS) is 11.2. The molecule has 0 atom stereocenters. The molecule has 0 radical (unpaired) electrons. The van der Waals surface area contributed by atoms with Gasteiger partial charge in [-0.05, 0) is 24.5 Å². The first kappa shape index (κ1) is 16.8. The highest BCUT2D eigenvalue weighted by Crippen LogP contribution is 2.17. The van der Waals surface area contributed by atoms with Crippen LogP contribution < -0.4 is 10.6 Å². The van der Waals surface area contributed by atoms with E-state index in [0.29, 0.717) is 0 Å². The number of benzene rings is 1. The molecule has 20 heavy (non-hydrogen) atoms. The number of halogens is 1. The molecule has 5 heteroatoms. The van der Waals surface area contributed by atoms with E-state index in [1.807, 2.05) is 0 Å². The van der Waals surface area contributed by atoms with Crippen LogP contribution in [0.15, 0.2) is 35.5 Å². The zero-order valence-electron chi connectivity index (χ0n) is 12.1. The third kappa shape index (κ3) is 4.40. The molecule has 0 aliphatic rings. The minimum Gasteiger partial charge on any atom is -0.361 e. The van der Waals surface area contributed by atoms with Gasteiger partial charge in [0.1, 0.15) is 0 Å². The summed E-state index contributed by atoms with van der Waals surface area (Å²) in [4.78, 5) is 7.49. The quantitative estimate of drug-likeness (QED) is 0.421. The van der Waals surface area contributed by atoms with Gasteiger partial charge in [0.2, 0.25) is 0 Å². The topological polar surface area (TPSA) is 52.2 Å². The highest BCUT2D eigenvalue weighted by molar-refractivity contribution is 14.0. The summed E-state index contributed by atoms with van der Waals surface area (Å²) in [6, 6.07) is 8.39. The average Bonchev–Trinajstić information content (AvgIpc) is 2.86. The third-order valence-corrected chi connectivity index (χ3v) is 3.13. The van der Waals surface area contributed by atoms with E-state index in [9.17, 15) is 0 Å². The number of aliphatic imine (C=N–C) groups is 1. The lowest BCUT2D eigenvalue weighted by molar-refractivity contribution is 0.775. The molecule has 0 aliphatic heterocycles. The number of H-pyrrole nitrogens is 1. The highest BCUT2D eigenvalue weighted by atomic mass is 127. The van der Waals surface area contributed by atoms with E-state index < -0.39 is 0 Å². The molecule has 1 aromatic carbocycles. The van der Waals surface area contributed by atoms with Crippen molar-refractivity contribution in [2.45, 2.75) is 19.8 Å². The monoisotopic (exact) mass is 386 g/mol. The molecule has 1 heterocycles. The van der Waals surface area contributed by atoms with E-state index >= 15 is 0 Å². The summed E-state index contributed by atoms with van der Waals surface area (Å²) in [5, 5.41) is 7.91. The van der Waals surface area contributed by atoms with Crippen molar-refractivity contribution in [2.24, 2.45) is 4.99 Å². The first-order valence-electron chi connectivity index (χ1n) is 6.84. The molecule has 0 unspecified atom stereocenters. The molecule has 2 rings (SSSR count). The molecule has 0 aliphatic carbocycles. The Bertz CT molecular complexity index is 548. The van der Waals surface area contributed by atoms with Gasteiger partial charge in [0.05, 0.1) is 0 Å². The first-order chi connectivity index (χ1) is 9.35. The summed E-state index contributed by atoms with van der Waals surface area (Å²) in [6.07, 6.45) is 4.18.